The van der Waals surface area contributed by atoms with E-state index in [0.29, 0.717) is 12.5 Å². The highest BCUT2D eigenvalue weighted by molar-refractivity contribution is 9.09. The zero-order valence-electron chi connectivity index (χ0n) is 8.64. The number of rotatable bonds is 8. The molecule has 0 heterocycles. The summed E-state index contributed by atoms with van der Waals surface area (Å²) in [6.45, 7) is 2.01. The average Bonchev–Trinajstić information content (AvgIpc) is 2.20. The van der Waals surface area contributed by atoms with Crippen molar-refractivity contribution in [3.05, 3.63) is 0 Å². The molecule has 1 amide bonds. The molecule has 0 bridgehead atoms. The fourth-order valence-electron chi connectivity index (χ4n) is 0.768. The normalized spacial score (nSPS) is 12.9. The number of halogens is 3. The van der Waals surface area contributed by atoms with Crippen LogP contribution >= 0.6 is 15.9 Å². The smallest absolute Gasteiger partial charge is 0.261 e. The van der Waals surface area contributed by atoms with E-state index in [2.05, 4.69) is 26.0 Å². The number of hydrogen-bond donors (Lipinski definition) is 1. The highest BCUT2D eigenvalue weighted by Gasteiger charge is 2.06. The number of amides is 1. The van der Waals surface area contributed by atoms with E-state index in [1.807, 2.05) is 6.92 Å². The minimum atomic E-state index is -2.47. The molecule has 0 aliphatic heterocycles. The first-order valence-electron chi connectivity index (χ1n) is 4.74. The lowest BCUT2D eigenvalue weighted by atomic mass is 10.2. The van der Waals surface area contributed by atoms with Crippen LogP contribution < -0.4 is 5.32 Å². The molecule has 0 aromatic heterocycles. The zero-order valence-corrected chi connectivity index (χ0v) is 10.2. The second kappa shape index (κ2) is 9.03. The van der Waals surface area contributed by atoms with Gasteiger partial charge in [0, 0.05) is 18.3 Å². The van der Waals surface area contributed by atoms with E-state index >= 15 is 0 Å². The van der Waals surface area contributed by atoms with E-state index in [0.717, 1.165) is 5.33 Å². The maximum absolute atomic E-state index is 11.6. The minimum Gasteiger partial charge on any atom is -0.375 e. The number of hydrogen-bond acceptors (Lipinski definition) is 2. The molecule has 1 N–H and O–H groups in total. The Balaban J connectivity index is 3.34. The van der Waals surface area contributed by atoms with Crippen molar-refractivity contribution in [2.24, 2.45) is 5.92 Å². The van der Waals surface area contributed by atoms with Crippen molar-refractivity contribution in [1.82, 2.24) is 5.32 Å². The molecule has 0 fully saturated rings. The van der Waals surface area contributed by atoms with E-state index < -0.39 is 13.0 Å². The molecule has 0 aliphatic carbocycles. The van der Waals surface area contributed by atoms with Gasteiger partial charge in [-0.25, -0.2) is 8.78 Å². The van der Waals surface area contributed by atoms with Crippen molar-refractivity contribution >= 4 is 21.8 Å². The Morgan fingerprint density at radius 3 is 2.73 bits per heavy atom. The fourth-order valence-corrected chi connectivity index (χ4v) is 0.997. The molecule has 1 unspecified atom stereocenters. The highest BCUT2D eigenvalue weighted by Crippen LogP contribution is 1.97. The van der Waals surface area contributed by atoms with Gasteiger partial charge in [0.05, 0.1) is 6.61 Å². The third-order valence-corrected chi connectivity index (χ3v) is 2.73. The topological polar surface area (TPSA) is 38.3 Å². The molecule has 0 spiro atoms. The van der Waals surface area contributed by atoms with Gasteiger partial charge in [-0.15, -0.1) is 0 Å². The number of ether oxygens (including phenoxy) is 1. The van der Waals surface area contributed by atoms with Crippen LogP contribution in [0.4, 0.5) is 8.78 Å². The van der Waals surface area contributed by atoms with Crippen molar-refractivity contribution in [3.8, 4) is 0 Å². The molecule has 0 radical (unpaired) electrons. The van der Waals surface area contributed by atoms with Crippen LogP contribution in [-0.4, -0.2) is 37.4 Å². The van der Waals surface area contributed by atoms with Gasteiger partial charge in [-0.1, -0.05) is 22.9 Å². The van der Waals surface area contributed by atoms with Gasteiger partial charge in [-0.05, 0) is 5.92 Å². The summed E-state index contributed by atoms with van der Waals surface area (Å²) >= 11 is 3.29. The van der Waals surface area contributed by atoms with E-state index in [-0.39, 0.29) is 18.9 Å². The zero-order chi connectivity index (χ0) is 11.7. The van der Waals surface area contributed by atoms with Gasteiger partial charge in [0.1, 0.15) is 6.61 Å². The fraction of sp³-hybridized carbons (Fsp3) is 0.889. The Labute approximate surface area is 96.7 Å². The maximum atomic E-state index is 11.6. The predicted octanol–water partition coefficient (Wildman–Crippen LogP) is 1.81. The van der Waals surface area contributed by atoms with E-state index in [1.54, 1.807) is 0 Å². The summed E-state index contributed by atoms with van der Waals surface area (Å²) in [5.41, 5.74) is 0. The molecule has 0 rings (SSSR count). The van der Waals surface area contributed by atoms with Gasteiger partial charge in [0.25, 0.3) is 6.43 Å². The van der Waals surface area contributed by atoms with Gasteiger partial charge in [-0.3, -0.25) is 4.79 Å². The first-order chi connectivity index (χ1) is 7.06. The van der Waals surface area contributed by atoms with E-state index in [9.17, 15) is 13.6 Å². The second-order valence-electron chi connectivity index (χ2n) is 3.28. The molecule has 0 aromatic rings. The summed E-state index contributed by atoms with van der Waals surface area (Å²) < 4.78 is 27.8. The summed E-state index contributed by atoms with van der Waals surface area (Å²) in [4.78, 5) is 11.1. The van der Waals surface area contributed by atoms with Crippen LogP contribution in [0.15, 0.2) is 0 Å². The lowest BCUT2D eigenvalue weighted by molar-refractivity contribution is -0.122. The highest BCUT2D eigenvalue weighted by atomic mass is 79.9. The molecular weight excluding hydrogens is 272 g/mol. The van der Waals surface area contributed by atoms with Crippen LogP contribution in [0.3, 0.4) is 0 Å². The molecule has 15 heavy (non-hydrogen) atoms. The van der Waals surface area contributed by atoms with Gasteiger partial charge >= 0.3 is 0 Å². The van der Waals surface area contributed by atoms with Crippen molar-refractivity contribution in [2.45, 2.75) is 19.8 Å². The van der Waals surface area contributed by atoms with Crippen molar-refractivity contribution < 1.29 is 18.3 Å². The SMILES string of the molecule is CC(CBr)CNC(=O)CCOCC(F)F. The molecule has 1 atom stereocenters. The Bertz CT molecular complexity index is 181. The molecule has 6 heteroatoms. The van der Waals surface area contributed by atoms with Gasteiger partial charge in [-0.2, -0.15) is 0 Å². The standard InChI is InChI=1S/C9H16BrF2NO2/c1-7(4-10)5-13-9(14)2-3-15-6-8(11)12/h7-8H,2-6H2,1H3,(H,13,14). The third kappa shape index (κ3) is 10.1. The summed E-state index contributed by atoms with van der Waals surface area (Å²) in [6.07, 6.45) is -2.34. The summed E-state index contributed by atoms with van der Waals surface area (Å²) in [5, 5.41) is 3.50. The molecule has 0 aliphatic rings. The van der Waals surface area contributed by atoms with Crippen LogP contribution in [0, 0.1) is 5.92 Å². The lowest BCUT2D eigenvalue weighted by Crippen LogP contribution is -2.29. The summed E-state index contributed by atoms with van der Waals surface area (Å²) in [7, 11) is 0. The summed E-state index contributed by atoms with van der Waals surface area (Å²) in [6, 6.07) is 0. The van der Waals surface area contributed by atoms with Crippen LogP contribution in [0.1, 0.15) is 13.3 Å². The van der Waals surface area contributed by atoms with Crippen molar-refractivity contribution in [1.29, 1.82) is 0 Å². The number of carbonyl (C=O) groups excluding carboxylic acids is 1. The first kappa shape index (κ1) is 14.8. The second-order valence-corrected chi connectivity index (χ2v) is 3.93. The predicted molar refractivity (Wildman–Crippen MR) is 57.4 cm³/mol. The Morgan fingerprint density at radius 1 is 1.53 bits per heavy atom. The number of nitrogens with one attached hydrogen (secondary N) is 1. The third-order valence-electron chi connectivity index (χ3n) is 1.63. The Hall–Kier alpha value is -0.230. The average molecular weight is 288 g/mol. The quantitative estimate of drug-likeness (QED) is 0.546. The van der Waals surface area contributed by atoms with E-state index in [4.69, 9.17) is 0 Å². The number of carbonyl (C=O) groups is 1. The van der Waals surface area contributed by atoms with E-state index in [1.165, 1.54) is 0 Å². The minimum absolute atomic E-state index is 0.0405. The largest absolute Gasteiger partial charge is 0.375 e. The van der Waals surface area contributed by atoms with Crippen LogP contribution in [0.5, 0.6) is 0 Å². The van der Waals surface area contributed by atoms with Gasteiger partial charge < -0.3 is 10.1 Å². The maximum Gasteiger partial charge on any atom is 0.261 e. The Morgan fingerprint density at radius 2 is 2.20 bits per heavy atom. The van der Waals surface area contributed by atoms with Crippen molar-refractivity contribution in [2.75, 3.05) is 25.1 Å². The summed E-state index contributed by atoms with van der Waals surface area (Å²) in [5.74, 6) is 0.188. The Kier molecular flexibility index (Phi) is 8.89. The van der Waals surface area contributed by atoms with Crippen LogP contribution in [0.2, 0.25) is 0 Å². The van der Waals surface area contributed by atoms with Crippen LogP contribution in [0.25, 0.3) is 0 Å². The first-order valence-corrected chi connectivity index (χ1v) is 5.87. The van der Waals surface area contributed by atoms with Gasteiger partial charge in [0.2, 0.25) is 5.91 Å². The van der Waals surface area contributed by atoms with Crippen molar-refractivity contribution in [3.63, 3.8) is 0 Å². The molecule has 0 aromatic carbocycles. The lowest BCUT2D eigenvalue weighted by Gasteiger charge is -2.09. The van der Waals surface area contributed by atoms with Gasteiger partial charge in [0.15, 0.2) is 0 Å². The molecule has 0 saturated heterocycles. The van der Waals surface area contributed by atoms with Crippen LogP contribution in [-0.2, 0) is 9.53 Å². The molecule has 3 nitrogen and oxygen atoms in total. The monoisotopic (exact) mass is 287 g/mol. The number of alkyl halides is 3. The molecule has 0 saturated carbocycles. The molecular formula is C9H16BrF2NO2. The molecule has 90 valence electrons.